The third-order valence-electron chi connectivity index (χ3n) is 4.27. The number of aliphatic hydroxyl groups is 1. The maximum atomic E-state index is 12.8. The number of thiophene rings is 1. The van der Waals surface area contributed by atoms with Gasteiger partial charge in [0.2, 0.25) is 10.0 Å². The summed E-state index contributed by atoms with van der Waals surface area (Å²) in [5.41, 5.74) is -1.07. The number of fused-ring (bicyclic) bond motifs is 1. The minimum absolute atomic E-state index is 0.0347. The van der Waals surface area contributed by atoms with Crippen molar-refractivity contribution in [2.45, 2.75) is 10.5 Å². The summed E-state index contributed by atoms with van der Waals surface area (Å²) >= 11 is 1.33. The molecule has 0 saturated heterocycles. The average molecular weight is 407 g/mol. The van der Waals surface area contributed by atoms with Gasteiger partial charge in [-0.15, -0.1) is 11.3 Å². The van der Waals surface area contributed by atoms with Crippen LogP contribution in [0.15, 0.2) is 63.6 Å². The van der Waals surface area contributed by atoms with Gasteiger partial charge in [-0.1, -0.05) is 6.07 Å². The molecule has 2 aromatic heterocycles. The van der Waals surface area contributed by atoms with Gasteiger partial charge < -0.3 is 19.0 Å². The van der Waals surface area contributed by atoms with Crippen LogP contribution in [-0.2, 0) is 15.6 Å². The van der Waals surface area contributed by atoms with Gasteiger partial charge in [-0.2, -0.15) is 0 Å². The van der Waals surface area contributed by atoms with E-state index in [1.54, 1.807) is 24.3 Å². The van der Waals surface area contributed by atoms with E-state index in [1.165, 1.54) is 36.0 Å². The van der Waals surface area contributed by atoms with Crippen LogP contribution in [0.2, 0.25) is 0 Å². The Morgan fingerprint density at radius 3 is 2.67 bits per heavy atom. The molecule has 27 heavy (non-hydrogen) atoms. The Labute approximate surface area is 160 Å². The molecule has 1 aromatic carbocycles. The summed E-state index contributed by atoms with van der Waals surface area (Å²) in [6.45, 7) is 0.544. The Morgan fingerprint density at radius 1 is 1.15 bits per heavy atom. The van der Waals surface area contributed by atoms with Crippen molar-refractivity contribution in [1.82, 2.24) is 4.72 Å². The molecule has 0 radical (unpaired) electrons. The monoisotopic (exact) mass is 407 g/mol. The van der Waals surface area contributed by atoms with Gasteiger partial charge in [-0.05, 0) is 29.6 Å². The van der Waals surface area contributed by atoms with Crippen LogP contribution in [0, 0.1) is 0 Å². The standard InChI is InChI=1S/C18H17NO6S2/c20-18(13-5-6-23-11-13,17-2-1-9-26-17)12-19-27(21,22)14-3-4-15-16(10-14)25-8-7-24-15/h1-6,9-11,19-20H,7-8,12H2/t18-/m1/s1. The lowest BCUT2D eigenvalue weighted by Crippen LogP contribution is -2.40. The topological polar surface area (TPSA) is 98.0 Å². The van der Waals surface area contributed by atoms with Crippen molar-refractivity contribution >= 4 is 21.4 Å². The molecule has 2 N–H and O–H groups in total. The van der Waals surface area contributed by atoms with Gasteiger partial charge in [0.25, 0.3) is 0 Å². The molecule has 142 valence electrons. The van der Waals surface area contributed by atoms with Crippen LogP contribution in [0.25, 0.3) is 0 Å². The fourth-order valence-corrected chi connectivity index (χ4v) is 4.74. The van der Waals surface area contributed by atoms with E-state index in [0.717, 1.165) is 0 Å². The Morgan fingerprint density at radius 2 is 1.96 bits per heavy atom. The molecule has 1 aliphatic heterocycles. The van der Waals surface area contributed by atoms with Gasteiger partial charge >= 0.3 is 0 Å². The first-order valence-corrected chi connectivity index (χ1v) is 10.5. The van der Waals surface area contributed by atoms with E-state index in [4.69, 9.17) is 13.9 Å². The maximum Gasteiger partial charge on any atom is 0.240 e. The molecule has 4 rings (SSSR count). The molecule has 7 nitrogen and oxygen atoms in total. The molecule has 3 aromatic rings. The summed E-state index contributed by atoms with van der Waals surface area (Å²) in [4.78, 5) is 0.640. The molecule has 0 fully saturated rings. The number of furan rings is 1. The van der Waals surface area contributed by atoms with Crippen molar-refractivity contribution in [3.8, 4) is 11.5 Å². The molecular formula is C18H17NO6S2. The average Bonchev–Trinajstić information content (AvgIpc) is 3.40. The maximum absolute atomic E-state index is 12.8. The van der Waals surface area contributed by atoms with Crippen LogP contribution in [0.5, 0.6) is 11.5 Å². The molecular weight excluding hydrogens is 390 g/mol. The third-order valence-corrected chi connectivity index (χ3v) is 6.69. The predicted molar refractivity (Wildman–Crippen MR) is 98.6 cm³/mol. The quantitative estimate of drug-likeness (QED) is 0.651. The van der Waals surface area contributed by atoms with Crippen LogP contribution < -0.4 is 14.2 Å². The molecule has 1 aliphatic rings. The zero-order valence-corrected chi connectivity index (χ0v) is 15.8. The molecule has 1 atom stereocenters. The highest BCUT2D eigenvalue weighted by atomic mass is 32.2. The summed E-state index contributed by atoms with van der Waals surface area (Å²) in [5, 5.41) is 13.0. The number of sulfonamides is 1. The second-order valence-electron chi connectivity index (χ2n) is 5.98. The summed E-state index contributed by atoms with van der Waals surface area (Å²) in [6.07, 6.45) is 2.83. The Bertz CT molecular complexity index is 978. The van der Waals surface area contributed by atoms with E-state index < -0.39 is 15.6 Å². The predicted octanol–water partition coefficient (Wildman–Crippen LogP) is 2.33. The van der Waals surface area contributed by atoms with Crippen molar-refractivity contribution in [1.29, 1.82) is 0 Å². The highest BCUT2D eigenvalue weighted by Crippen LogP contribution is 2.34. The van der Waals surface area contributed by atoms with Gasteiger partial charge in [0.15, 0.2) is 11.5 Å². The normalized spacial score (nSPS) is 16.0. The number of hydrogen-bond acceptors (Lipinski definition) is 7. The molecule has 0 saturated carbocycles. The van der Waals surface area contributed by atoms with Crippen molar-refractivity contribution in [3.05, 3.63) is 64.7 Å². The van der Waals surface area contributed by atoms with Gasteiger partial charge in [-0.3, -0.25) is 0 Å². The number of hydrogen-bond donors (Lipinski definition) is 2. The van der Waals surface area contributed by atoms with E-state index >= 15 is 0 Å². The number of benzene rings is 1. The number of nitrogens with one attached hydrogen (secondary N) is 1. The van der Waals surface area contributed by atoms with Crippen LogP contribution in [-0.4, -0.2) is 33.3 Å². The van der Waals surface area contributed by atoms with Crippen LogP contribution in [0.3, 0.4) is 0 Å². The van der Waals surface area contributed by atoms with Crippen molar-refractivity contribution in [2.75, 3.05) is 19.8 Å². The highest BCUT2D eigenvalue weighted by Gasteiger charge is 2.35. The molecule has 0 aliphatic carbocycles. The van der Waals surface area contributed by atoms with E-state index in [9.17, 15) is 13.5 Å². The minimum atomic E-state index is -3.88. The first kappa shape index (κ1) is 18.1. The SMILES string of the molecule is O=S(=O)(NC[C@@](O)(c1ccoc1)c1cccs1)c1ccc2c(c1)OCCO2. The summed E-state index contributed by atoms with van der Waals surface area (Å²) in [7, 11) is -3.88. The highest BCUT2D eigenvalue weighted by molar-refractivity contribution is 7.89. The van der Waals surface area contributed by atoms with Crippen molar-refractivity contribution < 1.29 is 27.4 Å². The van der Waals surface area contributed by atoms with E-state index in [2.05, 4.69) is 4.72 Å². The summed E-state index contributed by atoms with van der Waals surface area (Å²) in [6, 6.07) is 9.57. The van der Waals surface area contributed by atoms with Gasteiger partial charge in [0.05, 0.1) is 17.4 Å². The summed E-state index contributed by atoms with van der Waals surface area (Å²) < 4.78 is 44.0. The van der Waals surface area contributed by atoms with Gasteiger partial charge in [0, 0.05) is 23.1 Å². The van der Waals surface area contributed by atoms with E-state index in [0.29, 0.717) is 35.2 Å². The van der Waals surface area contributed by atoms with Crippen LogP contribution in [0.4, 0.5) is 0 Å². The Hall–Kier alpha value is -2.33. The van der Waals surface area contributed by atoms with Crippen LogP contribution in [0.1, 0.15) is 10.4 Å². The van der Waals surface area contributed by atoms with E-state index in [1.807, 2.05) is 5.38 Å². The lowest BCUT2D eigenvalue weighted by atomic mass is 9.95. The Balaban J connectivity index is 1.61. The van der Waals surface area contributed by atoms with E-state index in [-0.39, 0.29) is 11.4 Å². The summed E-state index contributed by atoms with van der Waals surface area (Å²) in [5.74, 6) is 0.890. The van der Waals surface area contributed by atoms with Crippen molar-refractivity contribution in [2.24, 2.45) is 0 Å². The minimum Gasteiger partial charge on any atom is -0.486 e. The molecule has 0 spiro atoms. The van der Waals surface area contributed by atoms with Gasteiger partial charge in [-0.25, -0.2) is 13.1 Å². The smallest absolute Gasteiger partial charge is 0.240 e. The second kappa shape index (κ2) is 7.01. The first-order chi connectivity index (χ1) is 13.0. The Kier molecular flexibility index (Phi) is 4.68. The zero-order valence-electron chi connectivity index (χ0n) is 14.1. The largest absolute Gasteiger partial charge is 0.486 e. The van der Waals surface area contributed by atoms with Gasteiger partial charge in [0.1, 0.15) is 18.8 Å². The number of rotatable bonds is 6. The fourth-order valence-electron chi connectivity index (χ4n) is 2.82. The first-order valence-electron chi connectivity index (χ1n) is 8.17. The molecule has 0 unspecified atom stereocenters. The molecule has 0 bridgehead atoms. The lowest BCUT2D eigenvalue weighted by molar-refractivity contribution is 0.0892. The molecule has 3 heterocycles. The lowest BCUT2D eigenvalue weighted by Gasteiger charge is -2.26. The second-order valence-corrected chi connectivity index (χ2v) is 8.69. The number of ether oxygens (including phenoxy) is 2. The molecule has 9 heteroatoms. The third kappa shape index (κ3) is 3.46. The molecule has 0 amide bonds. The van der Waals surface area contributed by atoms with Crippen molar-refractivity contribution in [3.63, 3.8) is 0 Å². The van der Waals surface area contributed by atoms with Crippen LogP contribution >= 0.6 is 11.3 Å². The zero-order chi connectivity index (χ0) is 18.9. The fraction of sp³-hybridized carbons (Fsp3) is 0.222.